The van der Waals surface area contributed by atoms with Crippen molar-refractivity contribution in [2.45, 2.75) is 37.9 Å². The fourth-order valence-electron chi connectivity index (χ4n) is 3.96. The summed E-state index contributed by atoms with van der Waals surface area (Å²) < 4.78 is 12.9. The fraction of sp³-hybridized carbons (Fsp3) is 0.500. The predicted molar refractivity (Wildman–Crippen MR) is 116 cm³/mol. The molecule has 2 aromatic heterocycles. The second-order valence-electron chi connectivity index (χ2n) is 9.15. The highest BCUT2D eigenvalue weighted by atomic mass is 16.5. The molecule has 0 spiro atoms. The van der Waals surface area contributed by atoms with Crippen LogP contribution in [0.2, 0.25) is 0 Å². The maximum Gasteiger partial charge on any atom is 0.290 e. The second-order valence-corrected chi connectivity index (χ2v) is 9.15. The monoisotopic (exact) mass is 425 g/mol. The SMILES string of the molecule is Cn1nc(-c2n[nH]c3ccc(OC4(C)CC4)cc23)cc(N2CCOCC(C)(O)C2)c1=O. The highest BCUT2D eigenvalue weighted by molar-refractivity contribution is 5.93. The summed E-state index contributed by atoms with van der Waals surface area (Å²) in [6.45, 7) is 5.28. The number of β-amino-alcohol motifs (C(OH)–C–C–N with tert-alkyl or cyclic N) is 1. The molecule has 9 nitrogen and oxygen atoms in total. The number of nitrogens with zero attached hydrogens (tertiary/aromatic N) is 4. The summed E-state index contributed by atoms with van der Waals surface area (Å²) in [6.07, 6.45) is 2.11. The van der Waals surface area contributed by atoms with E-state index in [0.29, 0.717) is 36.8 Å². The molecular formula is C22H27N5O4. The standard InChI is InChI=1S/C22H27N5O4/c1-21(29)12-27(8-9-30-13-21)18-11-17(25-26(3)20(18)28)19-15-10-14(31-22(2)6-7-22)4-5-16(15)23-24-19/h4-5,10-11,29H,6-9,12-13H2,1-3H3,(H,23,24). The molecule has 2 N–H and O–H groups in total. The van der Waals surface area contributed by atoms with Gasteiger partial charge in [0.2, 0.25) is 0 Å². The molecule has 5 rings (SSSR count). The van der Waals surface area contributed by atoms with Crippen molar-refractivity contribution < 1.29 is 14.6 Å². The van der Waals surface area contributed by atoms with Crippen molar-refractivity contribution in [1.82, 2.24) is 20.0 Å². The van der Waals surface area contributed by atoms with Gasteiger partial charge >= 0.3 is 0 Å². The Hall–Kier alpha value is -2.91. The lowest BCUT2D eigenvalue weighted by molar-refractivity contribution is -0.0123. The molecule has 31 heavy (non-hydrogen) atoms. The van der Waals surface area contributed by atoms with E-state index in [9.17, 15) is 9.90 Å². The van der Waals surface area contributed by atoms with Crippen LogP contribution < -0.4 is 15.2 Å². The van der Waals surface area contributed by atoms with Gasteiger partial charge in [-0.15, -0.1) is 0 Å². The first kappa shape index (κ1) is 20.0. The molecule has 9 heteroatoms. The summed E-state index contributed by atoms with van der Waals surface area (Å²) in [6, 6.07) is 7.59. The van der Waals surface area contributed by atoms with Crippen LogP contribution in [0.15, 0.2) is 29.1 Å². The average Bonchev–Trinajstić information content (AvgIpc) is 3.34. The van der Waals surface area contributed by atoms with E-state index in [1.807, 2.05) is 23.1 Å². The molecule has 1 saturated carbocycles. The minimum atomic E-state index is -1.05. The highest BCUT2D eigenvalue weighted by Gasteiger charge is 2.40. The van der Waals surface area contributed by atoms with Gasteiger partial charge in [-0.3, -0.25) is 9.89 Å². The zero-order valence-corrected chi connectivity index (χ0v) is 18.0. The zero-order valence-electron chi connectivity index (χ0n) is 18.0. The van der Waals surface area contributed by atoms with Crippen LogP contribution in [0.5, 0.6) is 5.75 Å². The molecule has 1 atom stereocenters. The molecule has 1 unspecified atom stereocenters. The molecule has 3 heterocycles. The summed E-state index contributed by atoms with van der Waals surface area (Å²) in [5.41, 5.74) is 1.20. The van der Waals surface area contributed by atoms with Crippen molar-refractivity contribution in [2.75, 3.05) is 31.2 Å². The smallest absolute Gasteiger partial charge is 0.290 e. The maximum atomic E-state index is 12.9. The number of fused-ring (bicyclic) bond motifs is 1. The predicted octanol–water partition coefficient (Wildman–Crippen LogP) is 1.84. The van der Waals surface area contributed by atoms with Gasteiger partial charge in [0.25, 0.3) is 5.56 Å². The second kappa shape index (κ2) is 7.06. The lowest BCUT2D eigenvalue weighted by atomic mass is 10.1. The number of anilines is 1. The van der Waals surface area contributed by atoms with Crippen LogP contribution in [0.4, 0.5) is 5.69 Å². The average molecular weight is 425 g/mol. The number of rotatable bonds is 4. The number of hydrogen-bond donors (Lipinski definition) is 2. The molecule has 0 bridgehead atoms. The minimum Gasteiger partial charge on any atom is -0.488 e. The molecule has 1 aliphatic carbocycles. The van der Waals surface area contributed by atoms with Crippen molar-refractivity contribution in [3.05, 3.63) is 34.6 Å². The molecule has 3 aromatic rings. The van der Waals surface area contributed by atoms with Gasteiger partial charge in [0, 0.05) is 25.5 Å². The van der Waals surface area contributed by atoms with E-state index in [2.05, 4.69) is 22.2 Å². The largest absolute Gasteiger partial charge is 0.488 e. The Balaban J connectivity index is 1.57. The van der Waals surface area contributed by atoms with E-state index in [1.54, 1.807) is 20.0 Å². The van der Waals surface area contributed by atoms with Gasteiger partial charge in [0.05, 0.1) is 18.7 Å². The first-order valence-electron chi connectivity index (χ1n) is 10.5. The number of benzene rings is 1. The summed E-state index contributed by atoms with van der Waals surface area (Å²) in [7, 11) is 1.62. The lowest BCUT2D eigenvalue weighted by Gasteiger charge is -2.28. The molecule has 0 amide bonds. The third-order valence-corrected chi connectivity index (χ3v) is 5.93. The van der Waals surface area contributed by atoms with Crippen molar-refractivity contribution in [3.8, 4) is 17.1 Å². The Kier molecular flexibility index (Phi) is 4.56. The quantitative estimate of drug-likeness (QED) is 0.657. The molecule has 2 aliphatic rings. The molecule has 164 valence electrons. The number of hydrogen-bond acceptors (Lipinski definition) is 7. The number of aryl methyl sites for hydroxylation is 1. The van der Waals surface area contributed by atoms with E-state index >= 15 is 0 Å². The fourth-order valence-corrected chi connectivity index (χ4v) is 3.96. The number of aromatic nitrogens is 4. The van der Waals surface area contributed by atoms with Gasteiger partial charge in [-0.2, -0.15) is 10.2 Å². The number of nitrogens with one attached hydrogen (secondary N) is 1. The minimum absolute atomic E-state index is 0.0779. The summed E-state index contributed by atoms with van der Waals surface area (Å²) in [4.78, 5) is 14.7. The van der Waals surface area contributed by atoms with Crippen LogP contribution in [0.3, 0.4) is 0 Å². The van der Waals surface area contributed by atoms with E-state index in [4.69, 9.17) is 9.47 Å². The molecule has 1 aromatic carbocycles. The van der Waals surface area contributed by atoms with E-state index in [1.165, 1.54) is 4.68 Å². The van der Waals surface area contributed by atoms with Crippen LogP contribution in [0.1, 0.15) is 26.7 Å². The van der Waals surface area contributed by atoms with Gasteiger partial charge in [-0.05, 0) is 51.0 Å². The summed E-state index contributed by atoms with van der Waals surface area (Å²) in [5, 5.41) is 23.4. The van der Waals surface area contributed by atoms with Crippen LogP contribution in [0, 0.1) is 0 Å². The Morgan fingerprint density at radius 3 is 2.84 bits per heavy atom. The molecule has 1 aliphatic heterocycles. The Bertz CT molecular complexity index is 1190. The molecule has 1 saturated heterocycles. The normalized spacial score (nSPS) is 23.0. The van der Waals surface area contributed by atoms with E-state index < -0.39 is 5.60 Å². The van der Waals surface area contributed by atoms with Crippen molar-refractivity contribution in [1.29, 1.82) is 0 Å². The van der Waals surface area contributed by atoms with Gasteiger partial charge in [-0.25, -0.2) is 4.68 Å². The summed E-state index contributed by atoms with van der Waals surface area (Å²) >= 11 is 0. The van der Waals surface area contributed by atoms with Crippen LogP contribution in [-0.2, 0) is 11.8 Å². The van der Waals surface area contributed by atoms with Gasteiger partial charge in [0.15, 0.2) is 0 Å². The number of aliphatic hydroxyl groups is 1. The molecule has 2 fully saturated rings. The van der Waals surface area contributed by atoms with Gasteiger partial charge in [0.1, 0.15) is 34.0 Å². The zero-order chi connectivity index (χ0) is 21.8. The third kappa shape index (κ3) is 3.90. The van der Waals surface area contributed by atoms with Crippen molar-refractivity contribution >= 4 is 16.6 Å². The topological polar surface area (TPSA) is 106 Å². The van der Waals surface area contributed by atoms with Crippen LogP contribution >= 0.6 is 0 Å². The Morgan fingerprint density at radius 1 is 1.26 bits per heavy atom. The van der Waals surface area contributed by atoms with Crippen molar-refractivity contribution in [2.24, 2.45) is 7.05 Å². The van der Waals surface area contributed by atoms with Crippen molar-refractivity contribution in [3.63, 3.8) is 0 Å². The first-order chi connectivity index (χ1) is 14.7. The Labute approximate surface area is 179 Å². The van der Waals surface area contributed by atoms with Gasteiger partial charge in [-0.1, -0.05) is 0 Å². The third-order valence-electron chi connectivity index (χ3n) is 5.93. The summed E-state index contributed by atoms with van der Waals surface area (Å²) in [5.74, 6) is 0.793. The van der Waals surface area contributed by atoms with Crippen LogP contribution in [-0.4, -0.2) is 62.6 Å². The molecular weight excluding hydrogens is 398 g/mol. The molecule has 0 radical (unpaired) electrons. The van der Waals surface area contributed by atoms with E-state index in [0.717, 1.165) is 29.5 Å². The maximum absolute atomic E-state index is 12.9. The number of ether oxygens (including phenoxy) is 2. The lowest BCUT2D eigenvalue weighted by Crippen LogP contribution is -2.44. The van der Waals surface area contributed by atoms with E-state index in [-0.39, 0.29) is 17.8 Å². The number of aromatic amines is 1. The van der Waals surface area contributed by atoms with Crippen LogP contribution in [0.25, 0.3) is 22.3 Å². The van der Waals surface area contributed by atoms with Gasteiger partial charge < -0.3 is 19.5 Å². The first-order valence-corrected chi connectivity index (χ1v) is 10.5. The Morgan fingerprint density at radius 2 is 2.06 bits per heavy atom. The highest BCUT2D eigenvalue weighted by Crippen LogP contribution is 2.40. The number of H-pyrrole nitrogens is 1.